The lowest BCUT2D eigenvalue weighted by Gasteiger charge is -2.33. The maximum atomic E-state index is 12.6. The summed E-state index contributed by atoms with van der Waals surface area (Å²) in [6, 6.07) is 8.66. The van der Waals surface area contributed by atoms with Gasteiger partial charge < -0.3 is 9.64 Å². The number of piperidine rings is 1. The van der Waals surface area contributed by atoms with Gasteiger partial charge in [-0.15, -0.1) is 0 Å². The van der Waals surface area contributed by atoms with E-state index in [1.807, 2.05) is 12.1 Å². The molecule has 0 radical (unpaired) electrons. The predicted octanol–water partition coefficient (Wildman–Crippen LogP) is 3.09. The SMILES string of the molecule is COc1ccc(C2CCCN2CC(=O)N2CCCC(C)C2)cc1. The lowest BCUT2D eigenvalue weighted by molar-refractivity contribution is -0.134. The molecule has 2 unspecified atom stereocenters. The van der Waals surface area contributed by atoms with Crippen LogP contribution in [0.1, 0.15) is 44.2 Å². The zero-order valence-corrected chi connectivity index (χ0v) is 14.3. The fraction of sp³-hybridized carbons (Fsp3) is 0.632. The minimum absolute atomic E-state index is 0.303. The molecule has 2 heterocycles. The van der Waals surface area contributed by atoms with Crippen molar-refractivity contribution in [2.75, 3.05) is 33.3 Å². The average Bonchev–Trinajstić information content (AvgIpc) is 3.03. The van der Waals surface area contributed by atoms with E-state index in [0.29, 0.717) is 24.4 Å². The maximum Gasteiger partial charge on any atom is 0.236 e. The van der Waals surface area contributed by atoms with E-state index < -0.39 is 0 Å². The number of hydrogen-bond donors (Lipinski definition) is 0. The van der Waals surface area contributed by atoms with Gasteiger partial charge in [0.2, 0.25) is 5.91 Å². The van der Waals surface area contributed by atoms with Gasteiger partial charge in [-0.25, -0.2) is 0 Å². The van der Waals surface area contributed by atoms with Crippen LogP contribution in [0.25, 0.3) is 0 Å². The summed E-state index contributed by atoms with van der Waals surface area (Å²) in [6.07, 6.45) is 4.70. The van der Waals surface area contributed by atoms with Crippen molar-refractivity contribution < 1.29 is 9.53 Å². The molecule has 1 aromatic carbocycles. The number of carbonyl (C=O) groups excluding carboxylic acids is 1. The van der Waals surface area contributed by atoms with E-state index in [2.05, 4.69) is 28.9 Å². The third-order valence-corrected chi connectivity index (χ3v) is 5.21. The van der Waals surface area contributed by atoms with Crippen LogP contribution in [0.2, 0.25) is 0 Å². The van der Waals surface area contributed by atoms with Gasteiger partial charge in [0, 0.05) is 19.1 Å². The van der Waals surface area contributed by atoms with Gasteiger partial charge in [0.25, 0.3) is 0 Å². The standard InChI is InChI=1S/C19H28N2O2/c1-15-5-3-12-21(13-15)19(22)14-20-11-4-6-18(20)16-7-9-17(23-2)10-8-16/h7-10,15,18H,3-6,11-14H2,1-2H3. The third kappa shape index (κ3) is 3.86. The van der Waals surface area contributed by atoms with Crippen LogP contribution >= 0.6 is 0 Å². The zero-order valence-electron chi connectivity index (χ0n) is 14.3. The number of ether oxygens (including phenoxy) is 1. The molecule has 2 fully saturated rings. The summed E-state index contributed by atoms with van der Waals surface area (Å²) in [5.74, 6) is 1.83. The van der Waals surface area contributed by atoms with Crippen molar-refractivity contribution in [1.29, 1.82) is 0 Å². The molecule has 0 bridgehead atoms. The summed E-state index contributed by atoms with van der Waals surface area (Å²) >= 11 is 0. The van der Waals surface area contributed by atoms with Crippen molar-refractivity contribution >= 4 is 5.91 Å². The van der Waals surface area contributed by atoms with Crippen LogP contribution in [-0.4, -0.2) is 49.0 Å². The first kappa shape index (κ1) is 16.3. The molecule has 2 saturated heterocycles. The molecule has 2 atom stereocenters. The molecule has 126 valence electrons. The smallest absolute Gasteiger partial charge is 0.236 e. The Hall–Kier alpha value is -1.55. The molecule has 2 aliphatic heterocycles. The quantitative estimate of drug-likeness (QED) is 0.856. The van der Waals surface area contributed by atoms with Crippen LogP contribution in [0, 0.1) is 5.92 Å². The van der Waals surface area contributed by atoms with Crippen LogP contribution in [0.15, 0.2) is 24.3 Å². The molecule has 4 nitrogen and oxygen atoms in total. The van der Waals surface area contributed by atoms with E-state index in [1.165, 1.54) is 18.4 Å². The second kappa shape index (κ2) is 7.35. The van der Waals surface area contributed by atoms with Gasteiger partial charge in [-0.1, -0.05) is 19.1 Å². The van der Waals surface area contributed by atoms with E-state index >= 15 is 0 Å². The second-order valence-corrected chi connectivity index (χ2v) is 6.99. The largest absolute Gasteiger partial charge is 0.497 e. The summed E-state index contributed by atoms with van der Waals surface area (Å²) in [6.45, 7) is 5.69. The Morgan fingerprint density at radius 1 is 1.17 bits per heavy atom. The van der Waals surface area contributed by atoms with Crippen LogP contribution in [0.3, 0.4) is 0 Å². The zero-order chi connectivity index (χ0) is 16.2. The molecule has 4 heteroatoms. The molecule has 23 heavy (non-hydrogen) atoms. The molecular weight excluding hydrogens is 288 g/mol. The van der Waals surface area contributed by atoms with Crippen molar-refractivity contribution in [3.8, 4) is 5.75 Å². The van der Waals surface area contributed by atoms with Gasteiger partial charge in [0.1, 0.15) is 5.75 Å². The first-order valence-electron chi connectivity index (χ1n) is 8.83. The average molecular weight is 316 g/mol. The molecule has 0 N–H and O–H groups in total. The number of hydrogen-bond acceptors (Lipinski definition) is 3. The summed E-state index contributed by atoms with van der Waals surface area (Å²) in [5.41, 5.74) is 1.29. The van der Waals surface area contributed by atoms with E-state index in [1.54, 1.807) is 7.11 Å². The van der Waals surface area contributed by atoms with E-state index in [0.717, 1.165) is 38.2 Å². The van der Waals surface area contributed by atoms with Crippen molar-refractivity contribution in [3.63, 3.8) is 0 Å². The highest BCUT2D eigenvalue weighted by atomic mass is 16.5. The van der Waals surface area contributed by atoms with Gasteiger partial charge in [0.15, 0.2) is 0 Å². The minimum atomic E-state index is 0.303. The Morgan fingerprint density at radius 2 is 1.91 bits per heavy atom. The van der Waals surface area contributed by atoms with Crippen LogP contribution in [-0.2, 0) is 4.79 Å². The van der Waals surface area contributed by atoms with Crippen molar-refractivity contribution in [3.05, 3.63) is 29.8 Å². The molecule has 3 rings (SSSR count). The first-order chi connectivity index (χ1) is 11.2. The van der Waals surface area contributed by atoms with Crippen molar-refractivity contribution in [1.82, 2.24) is 9.80 Å². The third-order valence-electron chi connectivity index (χ3n) is 5.21. The highest BCUT2D eigenvalue weighted by molar-refractivity contribution is 5.78. The summed E-state index contributed by atoms with van der Waals surface area (Å²) in [7, 11) is 1.69. The lowest BCUT2D eigenvalue weighted by atomic mass is 10.0. The summed E-state index contributed by atoms with van der Waals surface area (Å²) in [5, 5.41) is 0. The number of nitrogens with zero attached hydrogens (tertiary/aromatic N) is 2. The molecule has 2 aliphatic rings. The van der Waals surface area contributed by atoms with Crippen molar-refractivity contribution in [2.24, 2.45) is 5.92 Å². The molecular formula is C19H28N2O2. The number of rotatable bonds is 4. The van der Waals surface area contributed by atoms with E-state index in [4.69, 9.17) is 4.74 Å². The normalized spacial score (nSPS) is 25.6. The van der Waals surface area contributed by atoms with E-state index in [9.17, 15) is 4.79 Å². The predicted molar refractivity (Wildman–Crippen MR) is 91.5 cm³/mol. The number of carbonyl (C=O) groups is 1. The van der Waals surface area contributed by atoms with Crippen LogP contribution in [0.5, 0.6) is 5.75 Å². The second-order valence-electron chi connectivity index (χ2n) is 6.99. The molecule has 0 spiro atoms. The highest BCUT2D eigenvalue weighted by Gasteiger charge is 2.30. The van der Waals surface area contributed by atoms with Gasteiger partial charge >= 0.3 is 0 Å². The van der Waals surface area contributed by atoms with E-state index in [-0.39, 0.29) is 0 Å². The summed E-state index contributed by atoms with van der Waals surface area (Å²) in [4.78, 5) is 17.1. The fourth-order valence-corrected chi connectivity index (χ4v) is 3.91. The molecule has 1 amide bonds. The summed E-state index contributed by atoms with van der Waals surface area (Å²) < 4.78 is 5.24. The van der Waals surface area contributed by atoms with Gasteiger partial charge in [-0.2, -0.15) is 0 Å². The fourth-order valence-electron chi connectivity index (χ4n) is 3.91. The Balaban J connectivity index is 1.63. The number of benzene rings is 1. The number of amides is 1. The Labute approximate surface area is 139 Å². The minimum Gasteiger partial charge on any atom is -0.497 e. The van der Waals surface area contributed by atoms with Crippen LogP contribution in [0.4, 0.5) is 0 Å². The van der Waals surface area contributed by atoms with Crippen LogP contribution < -0.4 is 4.74 Å². The Kier molecular flexibility index (Phi) is 5.21. The molecule has 1 aromatic rings. The van der Waals surface area contributed by atoms with Gasteiger partial charge in [0.05, 0.1) is 13.7 Å². The topological polar surface area (TPSA) is 32.8 Å². The molecule has 0 saturated carbocycles. The van der Waals surface area contributed by atoms with Gasteiger partial charge in [-0.05, 0) is 55.8 Å². The monoisotopic (exact) mass is 316 g/mol. The van der Waals surface area contributed by atoms with Crippen molar-refractivity contribution in [2.45, 2.75) is 38.6 Å². The molecule has 0 aliphatic carbocycles. The Bertz CT molecular complexity index is 529. The highest BCUT2D eigenvalue weighted by Crippen LogP contribution is 2.32. The Morgan fingerprint density at radius 3 is 2.61 bits per heavy atom. The maximum absolute atomic E-state index is 12.6. The number of methoxy groups -OCH3 is 1. The lowest BCUT2D eigenvalue weighted by Crippen LogP contribution is -2.44. The molecule has 0 aromatic heterocycles. The first-order valence-corrected chi connectivity index (χ1v) is 8.83. The van der Waals surface area contributed by atoms with Gasteiger partial charge in [-0.3, -0.25) is 9.69 Å². The number of likely N-dealkylation sites (tertiary alicyclic amines) is 2.